The van der Waals surface area contributed by atoms with Crippen molar-refractivity contribution in [2.75, 3.05) is 16.5 Å². The van der Waals surface area contributed by atoms with Crippen LogP contribution in [0, 0.1) is 6.92 Å². The number of sulfone groups is 1. The molecule has 0 aliphatic rings. The molecule has 2 aromatic heterocycles. The van der Waals surface area contributed by atoms with Crippen molar-refractivity contribution >= 4 is 38.7 Å². The van der Waals surface area contributed by atoms with Crippen molar-refractivity contribution < 1.29 is 17.6 Å². The molecule has 2 aromatic carbocycles. The highest BCUT2D eigenvalue weighted by Crippen LogP contribution is 2.26. The maximum absolute atomic E-state index is 13.3. The van der Waals surface area contributed by atoms with Gasteiger partial charge in [0.25, 0.3) is 5.91 Å². The minimum absolute atomic E-state index is 0.0750. The number of benzene rings is 2. The number of halogens is 1. The number of carbonyl (C=O) groups excluding carboxylic acids is 1. The lowest BCUT2D eigenvalue weighted by atomic mass is 10.1. The summed E-state index contributed by atoms with van der Waals surface area (Å²) in [5.41, 5.74) is 2.88. The lowest BCUT2D eigenvalue weighted by Crippen LogP contribution is -2.27. The molecule has 0 spiro atoms. The second-order valence-corrected chi connectivity index (χ2v) is 10.4. The number of aryl methyl sites for hydroxylation is 1. The molecule has 0 aliphatic carbocycles. The lowest BCUT2D eigenvalue weighted by molar-refractivity contribution is 0.102. The van der Waals surface area contributed by atoms with Crippen LogP contribution in [0.2, 0.25) is 5.02 Å². The molecule has 4 aromatic rings. The Morgan fingerprint density at radius 2 is 1.77 bits per heavy atom. The number of nitrogens with zero attached hydrogens (tertiary/aromatic N) is 3. The van der Waals surface area contributed by atoms with Crippen molar-refractivity contribution in [3.63, 3.8) is 0 Å². The summed E-state index contributed by atoms with van der Waals surface area (Å²) in [5, 5.41) is 2.84. The molecule has 0 fully saturated rings. The molecule has 0 unspecified atom stereocenters. The predicted octanol–water partition coefficient (Wildman–Crippen LogP) is 4.89. The molecule has 0 saturated heterocycles. The minimum Gasteiger partial charge on any atom is -0.467 e. The van der Waals surface area contributed by atoms with Crippen LogP contribution in [-0.2, 0) is 22.9 Å². The zero-order valence-corrected chi connectivity index (χ0v) is 20.7. The smallest absolute Gasteiger partial charge is 0.276 e. The first-order valence-corrected chi connectivity index (χ1v) is 12.9. The molecule has 0 radical (unpaired) electrons. The quantitative estimate of drug-likeness (QED) is 0.336. The highest BCUT2D eigenvalue weighted by molar-refractivity contribution is 7.90. The Bertz CT molecular complexity index is 1420. The van der Waals surface area contributed by atoms with Gasteiger partial charge in [-0.15, -0.1) is 0 Å². The van der Waals surface area contributed by atoms with E-state index in [1.54, 1.807) is 36.6 Å². The number of hydrogen-bond acceptors (Lipinski definition) is 7. The fourth-order valence-corrected chi connectivity index (χ4v) is 4.02. The van der Waals surface area contributed by atoms with E-state index < -0.39 is 20.9 Å². The fraction of sp³-hybridized carbons (Fsp3) is 0.160. The molecule has 1 N–H and O–H groups in total. The third-order valence-corrected chi connectivity index (χ3v) is 6.27. The highest BCUT2D eigenvalue weighted by atomic mass is 35.5. The number of carbonyl (C=O) groups is 1. The van der Waals surface area contributed by atoms with E-state index in [0.29, 0.717) is 35.2 Å². The van der Waals surface area contributed by atoms with Crippen LogP contribution < -0.4 is 10.2 Å². The fourth-order valence-electron chi connectivity index (χ4n) is 3.39. The van der Waals surface area contributed by atoms with Gasteiger partial charge in [-0.05, 0) is 48.9 Å². The number of hydrogen-bond donors (Lipinski definition) is 1. The molecule has 2 heterocycles. The molecular formula is C25H23ClN4O4S. The molecule has 0 saturated carbocycles. The normalized spacial score (nSPS) is 11.3. The predicted molar refractivity (Wildman–Crippen MR) is 134 cm³/mol. The third-order valence-electron chi connectivity index (χ3n) is 5.16. The second kappa shape index (κ2) is 10.3. The van der Waals surface area contributed by atoms with Crippen molar-refractivity contribution in [1.29, 1.82) is 0 Å². The SMILES string of the molecule is Cc1ccc(CN(Cc2ccco2)c2cnc(S(C)(=O)=O)nc2C(=O)Nc2ccc(Cl)cc2)cc1. The molecule has 180 valence electrons. The van der Waals surface area contributed by atoms with Gasteiger partial charge in [-0.2, -0.15) is 0 Å². The molecule has 10 heteroatoms. The number of rotatable bonds is 8. The zero-order chi connectivity index (χ0) is 25.0. The van der Waals surface area contributed by atoms with Gasteiger partial charge in [0.1, 0.15) is 5.76 Å². The number of aromatic nitrogens is 2. The largest absolute Gasteiger partial charge is 0.467 e. The topological polar surface area (TPSA) is 105 Å². The van der Waals surface area contributed by atoms with Gasteiger partial charge in [0.2, 0.25) is 15.0 Å². The van der Waals surface area contributed by atoms with Crippen LogP contribution >= 0.6 is 11.6 Å². The number of nitrogens with one attached hydrogen (secondary N) is 1. The number of anilines is 2. The first kappa shape index (κ1) is 24.4. The van der Waals surface area contributed by atoms with Gasteiger partial charge in [-0.25, -0.2) is 18.4 Å². The molecule has 4 rings (SSSR count). The van der Waals surface area contributed by atoms with Crippen LogP contribution in [0.4, 0.5) is 11.4 Å². The van der Waals surface area contributed by atoms with Crippen LogP contribution in [-0.4, -0.2) is 30.5 Å². The van der Waals surface area contributed by atoms with Crippen LogP contribution in [0.5, 0.6) is 0 Å². The molecular weight excluding hydrogens is 488 g/mol. The van der Waals surface area contributed by atoms with Gasteiger partial charge in [-0.3, -0.25) is 4.79 Å². The Balaban J connectivity index is 1.77. The summed E-state index contributed by atoms with van der Waals surface area (Å²) in [7, 11) is -3.75. The Hall–Kier alpha value is -3.69. The lowest BCUT2D eigenvalue weighted by Gasteiger charge is -2.25. The molecule has 35 heavy (non-hydrogen) atoms. The van der Waals surface area contributed by atoms with Gasteiger partial charge in [0.05, 0.1) is 24.7 Å². The second-order valence-electron chi connectivity index (χ2n) is 8.04. The van der Waals surface area contributed by atoms with Crippen molar-refractivity contribution in [1.82, 2.24) is 9.97 Å². The van der Waals surface area contributed by atoms with Gasteiger partial charge >= 0.3 is 0 Å². The molecule has 8 nitrogen and oxygen atoms in total. The molecule has 0 atom stereocenters. The summed E-state index contributed by atoms with van der Waals surface area (Å²) in [5.74, 6) is 0.0799. The Kier molecular flexibility index (Phi) is 7.18. The number of furan rings is 1. The summed E-state index contributed by atoms with van der Waals surface area (Å²) in [6, 6.07) is 18.1. The Morgan fingerprint density at radius 3 is 2.40 bits per heavy atom. The van der Waals surface area contributed by atoms with E-state index in [2.05, 4.69) is 15.3 Å². The average Bonchev–Trinajstić information content (AvgIpc) is 3.34. The van der Waals surface area contributed by atoms with E-state index >= 15 is 0 Å². The van der Waals surface area contributed by atoms with E-state index in [-0.39, 0.29) is 5.69 Å². The van der Waals surface area contributed by atoms with Crippen LogP contribution in [0.3, 0.4) is 0 Å². The minimum atomic E-state index is -3.75. The third kappa shape index (κ3) is 6.26. The van der Waals surface area contributed by atoms with Crippen LogP contribution in [0.15, 0.2) is 82.7 Å². The maximum Gasteiger partial charge on any atom is 0.276 e. The van der Waals surface area contributed by atoms with E-state index in [0.717, 1.165) is 17.4 Å². The maximum atomic E-state index is 13.3. The summed E-state index contributed by atoms with van der Waals surface area (Å²) in [6.45, 7) is 2.72. The summed E-state index contributed by atoms with van der Waals surface area (Å²) < 4.78 is 29.9. The average molecular weight is 511 g/mol. The molecule has 0 bridgehead atoms. The molecule has 1 amide bonds. The first-order chi connectivity index (χ1) is 16.7. The first-order valence-electron chi connectivity index (χ1n) is 10.7. The van der Waals surface area contributed by atoms with E-state index in [1.807, 2.05) is 42.2 Å². The van der Waals surface area contributed by atoms with Crippen molar-refractivity contribution in [2.24, 2.45) is 0 Å². The summed E-state index contributed by atoms with van der Waals surface area (Å²) in [6.07, 6.45) is 3.92. The van der Waals surface area contributed by atoms with E-state index in [9.17, 15) is 13.2 Å². The van der Waals surface area contributed by atoms with Crippen molar-refractivity contribution in [2.45, 2.75) is 25.2 Å². The van der Waals surface area contributed by atoms with Gasteiger partial charge in [0, 0.05) is 23.5 Å². The monoisotopic (exact) mass is 510 g/mol. The van der Waals surface area contributed by atoms with Crippen LogP contribution in [0.25, 0.3) is 0 Å². The van der Waals surface area contributed by atoms with Gasteiger partial charge < -0.3 is 14.6 Å². The van der Waals surface area contributed by atoms with Gasteiger partial charge in [-0.1, -0.05) is 41.4 Å². The van der Waals surface area contributed by atoms with Crippen molar-refractivity contribution in [3.05, 3.63) is 101 Å². The zero-order valence-electron chi connectivity index (χ0n) is 19.1. The van der Waals surface area contributed by atoms with Crippen LogP contribution in [0.1, 0.15) is 27.4 Å². The number of amides is 1. The highest BCUT2D eigenvalue weighted by Gasteiger charge is 2.24. The van der Waals surface area contributed by atoms with Crippen molar-refractivity contribution in [3.8, 4) is 0 Å². The van der Waals surface area contributed by atoms with E-state index in [4.69, 9.17) is 16.0 Å². The standard InChI is InChI=1S/C25H23ClN4O4S/c1-17-5-7-18(8-6-17)15-30(16-21-4-3-13-34-21)22-14-27-25(35(2,32)33)29-23(22)24(31)28-20-11-9-19(26)10-12-20/h3-14H,15-16H2,1-2H3,(H,28,31). The Morgan fingerprint density at radius 1 is 1.06 bits per heavy atom. The van der Waals surface area contributed by atoms with Gasteiger partial charge in [0.15, 0.2) is 5.69 Å². The molecule has 0 aliphatic heterocycles. The summed E-state index contributed by atoms with van der Waals surface area (Å²) >= 11 is 5.94. The Labute approximate surface area is 208 Å². The van der Waals surface area contributed by atoms with E-state index in [1.165, 1.54) is 6.20 Å². The summed E-state index contributed by atoms with van der Waals surface area (Å²) in [4.78, 5) is 23.4.